The highest BCUT2D eigenvalue weighted by molar-refractivity contribution is 7.16. The van der Waals surface area contributed by atoms with Gasteiger partial charge in [-0.15, -0.1) is 11.3 Å². The molecule has 3 aromatic heterocycles. The first-order valence-corrected chi connectivity index (χ1v) is 7.46. The summed E-state index contributed by atoms with van der Waals surface area (Å²) in [6.45, 7) is 0. The van der Waals surface area contributed by atoms with Crippen molar-refractivity contribution in [1.29, 1.82) is 0 Å². The number of nitrogens with zero attached hydrogens (tertiary/aromatic N) is 1. The molecule has 0 fully saturated rings. The first-order valence-electron chi connectivity index (χ1n) is 5.89. The molecule has 0 saturated carbocycles. The van der Waals surface area contributed by atoms with Crippen LogP contribution in [-0.2, 0) is 0 Å². The second-order valence-corrected chi connectivity index (χ2v) is 6.24. The maximum atomic E-state index is 6.17. The van der Waals surface area contributed by atoms with Crippen LogP contribution < -0.4 is 5.32 Å². The number of aromatic nitrogens is 1. The molecule has 0 aromatic carbocycles. The fraction of sp³-hybridized carbons (Fsp3) is 0.0714. The van der Waals surface area contributed by atoms with E-state index in [1.165, 1.54) is 11.3 Å². The third-order valence-corrected chi connectivity index (χ3v) is 4.40. The highest BCUT2D eigenvalue weighted by Gasteiger charge is 2.19. The molecule has 0 amide bonds. The second-order valence-electron chi connectivity index (χ2n) is 4.09. The molecule has 0 bridgehead atoms. The highest BCUT2D eigenvalue weighted by Crippen LogP contribution is 2.35. The van der Waals surface area contributed by atoms with Crippen LogP contribution in [0.3, 0.4) is 0 Å². The molecule has 102 valence electrons. The number of furan rings is 1. The molecule has 3 nitrogen and oxygen atoms in total. The summed E-state index contributed by atoms with van der Waals surface area (Å²) in [5.74, 6) is 0.795. The van der Waals surface area contributed by atoms with Crippen LogP contribution in [0.2, 0.25) is 9.36 Å². The number of thiophene rings is 1. The number of nitrogens with one attached hydrogen (secondary N) is 1. The van der Waals surface area contributed by atoms with Gasteiger partial charge in [0.15, 0.2) is 0 Å². The second kappa shape index (κ2) is 5.87. The zero-order valence-electron chi connectivity index (χ0n) is 10.2. The molecule has 6 heteroatoms. The van der Waals surface area contributed by atoms with Crippen LogP contribution in [0, 0.1) is 0 Å². The van der Waals surface area contributed by atoms with Crippen LogP contribution in [0.5, 0.6) is 0 Å². The Bertz CT molecular complexity index is 697. The first kappa shape index (κ1) is 13.5. The monoisotopic (exact) mass is 324 g/mol. The average molecular weight is 325 g/mol. The van der Waals surface area contributed by atoms with E-state index in [4.69, 9.17) is 27.6 Å². The van der Waals surface area contributed by atoms with Gasteiger partial charge in [-0.1, -0.05) is 23.2 Å². The zero-order valence-corrected chi connectivity index (χ0v) is 12.5. The van der Waals surface area contributed by atoms with Gasteiger partial charge in [0.1, 0.15) is 11.8 Å². The fourth-order valence-corrected chi connectivity index (χ4v) is 3.14. The topological polar surface area (TPSA) is 38.1 Å². The third-order valence-electron chi connectivity index (χ3n) is 2.77. The van der Waals surface area contributed by atoms with Crippen LogP contribution in [0.4, 0.5) is 5.69 Å². The summed E-state index contributed by atoms with van der Waals surface area (Å²) in [5.41, 5.74) is 0.750. The minimum atomic E-state index is -0.149. The van der Waals surface area contributed by atoms with Gasteiger partial charge < -0.3 is 9.73 Å². The molecule has 20 heavy (non-hydrogen) atoms. The van der Waals surface area contributed by atoms with Crippen molar-refractivity contribution >= 4 is 40.2 Å². The van der Waals surface area contributed by atoms with Crippen molar-refractivity contribution in [1.82, 2.24) is 4.98 Å². The molecule has 3 rings (SSSR count). The van der Waals surface area contributed by atoms with E-state index in [9.17, 15) is 0 Å². The normalized spacial score (nSPS) is 12.3. The van der Waals surface area contributed by atoms with E-state index in [2.05, 4.69) is 10.3 Å². The lowest BCUT2D eigenvalue weighted by molar-refractivity contribution is 0.501. The molecular weight excluding hydrogens is 315 g/mol. The lowest BCUT2D eigenvalue weighted by Crippen LogP contribution is -2.10. The van der Waals surface area contributed by atoms with E-state index in [1.54, 1.807) is 24.7 Å². The Labute approximate surface area is 130 Å². The van der Waals surface area contributed by atoms with Crippen LogP contribution in [0.15, 0.2) is 53.4 Å². The summed E-state index contributed by atoms with van der Waals surface area (Å²) in [6, 6.07) is 9.19. The van der Waals surface area contributed by atoms with Gasteiger partial charge in [0.25, 0.3) is 0 Å². The summed E-state index contributed by atoms with van der Waals surface area (Å²) in [7, 11) is 0. The average Bonchev–Trinajstić information content (AvgIpc) is 3.09. The number of halogens is 2. The molecule has 1 N–H and O–H groups in total. The summed E-state index contributed by atoms with van der Waals surface area (Å²) in [5, 5.41) is 3.95. The Hall–Kier alpha value is -1.49. The van der Waals surface area contributed by atoms with Crippen molar-refractivity contribution in [3.8, 4) is 0 Å². The highest BCUT2D eigenvalue weighted by atomic mass is 35.5. The fourth-order valence-electron chi connectivity index (χ4n) is 1.86. The number of hydrogen-bond donors (Lipinski definition) is 1. The SMILES string of the molecule is Clc1ccc(C(Nc2cnccc2Cl)c2ccco2)s1. The van der Waals surface area contributed by atoms with E-state index in [0.717, 1.165) is 20.7 Å². The lowest BCUT2D eigenvalue weighted by Gasteiger charge is -2.17. The number of anilines is 1. The van der Waals surface area contributed by atoms with Crippen molar-refractivity contribution in [3.63, 3.8) is 0 Å². The van der Waals surface area contributed by atoms with Crippen molar-refractivity contribution in [2.45, 2.75) is 6.04 Å². The van der Waals surface area contributed by atoms with Gasteiger partial charge in [0, 0.05) is 11.1 Å². The van der Waals surface area contributed by atoms with Gasteiger partial charge in [-0.05, 0) is 30.3 Å². The molecular formula is C14H10Cl2N2OS. The smallest absolute Gasteiger partial charge is 0.131 e. The van der Waals surface area contributed by atoms with Crippen LogP contribution in [-0.4, -0.2) is 4.98 Å². The molecule has 0 aliphatic heterocycles. The van der Waals surface area contributed by atoms with Gasteiger partial charge in [0.05, 0.1) is 27.5 Å². The van der Waals surface area contributed by atoms with E-state index < -0.39 is 0 Å². The van der Waals surface area contributed by atoms with Crippen molar-refractivity contribution < 1.29 is 4.42 Å². The zero-order chi connectivity index (χ0) is 13.9. The van der Waals surface area contributed by atoms with Gasteiger partial charge in [-0.3, -0.25) is 4.98 Å². The lowest BCUT2D eigenvalue weighted by atomic mass is 10.2. The van der Waals surface area contributed by atoms with E-state index in [1.807, 2.05) is 24.3 Å². The molecule has 0 aliphatic rings. The maximum absolute atomic E-state index is 6.17. The Morgan fingerprint density at radius 2 is 2.10 bits per heavy atom. The van der Waals surface area contributed by atoms with E-state index in [0.29, 0.717) is 5.02 Å². The molecule has 1 atom stereocenters. The quantitative estimate of drug-likeness (QED) is 0.712. The maximum Gasteiger partial charge on any atom is 0.131 e. The minimum Gasteiger partial charge on any atom is -0.467 e. The largest absolute Gasteiger partial charge is 0.467 e. The molecule has 3 aromatic rings. The molecule has 0 spiro atoms. The van der Waals surface area contributed by atoms with Crippen molar-refractivity contribution in [2.24, 2.45) is 0 Å². The van der Waals surface area contributed by atoms with E-state index >= 15 is 0 Å². The standard InChI is InChI=1S/C14H10Cl2N2OS/c15-9-5-6-17-8-10(9)18-14(11-2-1-7-19-11)12-3-4-13(16)20-12/h1-8,14,18H. The molecule has 0 saturated heterocycles. The van der Waals surface area contributed by atoms with Crippen molar-refractivity contribution in [2.75, 3.05) is 5.32 Å². The van der Waals surface area contributed by atoms with Crippen LogP contribution >= 0.6 is 34.5 Å². The predicted molar refractivity (Wildman–Crippen MR) is 82.7 cm³/mol. The van der Waals surface area contributed by atoms with E-state index in [-0.39, 0.29) is 6.04 Å². The number of pyridine rings is 1. The molecule has 0 aliphatic carbocycles. The first-order chi connectivity index (χ1) is 9.74. The summed E-state index contributed by atoms with van der Waals surface area (Å²) in [4.78, 5) is 5.12. The Balaban J connectivity index is 1.97. The minimum absolute atomic E-state index is 0.149. The Morgan fingerprint density at radius 3 is 2.75 bits per heavy atom. The Morgan fingerprint density at radius 1 is 1.20 bits per heavy atom. The number of hydrogen-bond acceptors (Lipinski definition) is 4. The van der Waals surface area contributed by atoms with Gasteiger partial charge in [0.2, 0.25) is 0 Å². The van der Waals surface area contributed by atoms with Gasteiger partial charge in [-0.2, -0.15) is 0 Å². The summed E-state index contributed by atoms with van der Waals surface area (Å²) >= 11 is 13.7. The Kier molecular flexibility index (Phi) is 3.96. The predicted octanol–water partition coefficient (Wildman–Crippen LogP) is 5.24. The van der Waals surface area contributed by atoms with Gasteiger partial charge in [-0.25, -0.2) is 0 Å². The third kappa shape index (κ3) is 2.82. The summed E-state index contributed by atoms with van der Waals surface area (Å²) in [6.07, 6.45) is 4.98. The molecule has 0 radical (unpaired) electrons. The van der Waals surface area contributed by atoms with Crippen LogP contribution in [0.1, 0.15) is 16.7 Å². The summed E-state index contributed by atoms with van der Waals surface area (Å²) < 4.78 is 6.24. The number of rotatable bonds is 4. The van der Waals surface area contributed by atoms with Gasteiger partial charge >= 0.3 is 0 Å². The van der Waals surface area contributed by atoms with Crippen LogP contribution in [0.25, 0.3) is 0 Å². The molecule has 1 unspecified atom stereocenters. The van der Waals surface area contributed by atoms with Crippen molar-refractivity contribution in [3.05, 3.63) is 69.0 Å². The molecule has 3 heterocycles.